The fraction of sp³-hybridized carbons (Fsp3) is 0.600. The lowest BCUT2D eigenvalue weighted by molar-refractivity contribution is -0.164. The quantitative estimate of drug-likeness (QED) is 0.865. The molecule has 0 saturated carbocycles. The standard InChI is InChI=1S/C10H14F2N2O2/c1-9(2,3)14-6-7(5-13-14)4-10(11,12)8(15)16/h5-6H,4H2,1-3H3,(H,15,16). The Morgan fingerprint density at radius 1 is 1.50 bits per heavy atom. The Kier molecular flexibility index (Phi) is 3.03. The molecule has 90 valence electrons. The molecule has 1 heterocycles. The fourth-order valence-electron chi connectivity index (χ4n) is 1.15. The van der Waals surface area contributed by atoms with Gasteiger partial charge in [0.05, 0.1) is 18.2 Å². The molecule has 1 N–H and O–H groups in total. The number of alkyl halides is 2. The lowest BCUT2D eigenvalue weighted by Gasteiger charge is -2.18. The maximum atomic E-state index is 12.9. The molecule has 1 aromatic rings. The number of aromatic nitrogens is 2. The van der Waals surface area contributed by atoms with E-state index in [1.165, 1.54) is 17.1 Å². The molecule has 1 rings (SSSR count). The minimum atomic E-state index is -3.74. The summed E-state index contributed by atoms with van der Waals surface area (Å²) in [6, 6.07) is 0. The molecule has 1 aromatic heterocycles. The number of carboxylic acid groups (broad SMARTS) is 1. The highest BCUT2D eigenvalue weighted by Gasteiger charge is 2.39. The summed E-state index contributed by atoms with van der Waals surface area (Å²) in [6.45, 7) is 5.62. The molecule has 0 bridgehead atoms. The second-order valence-electron chi connectivity index (χ2n) is 4.65. The van der Waals surface area contributed by atoms with Crippen molar-refractivity contribution in [2.24, 2.45) is 0 Å². The van der Waals surface area contributed by atoms with E-state index in [0.29, 0.717) is 0 Å². The Hall–Kier alpha value is -1.46. The van der Waals surface area contributed by atoms with Crippen LogP contribution in [0.5, 0.6) is 0 Å². The van der Waals surface area contributed by atoms with Gasteiger partial charge in [0.2, 0.25) is 0 Å². The number of hydrogen-bond acceptors (Lipinski definition) is 2. The summed E-state index contributed by atoms with van der Waals surface area (Å²) >= 11 is 0. The van der Waals surface area contributed by atoms with E-state index in [-0.39, 0.29) is 11.1 Å². The number of rotatable bonds is 3. The van der Waals surface area contributed by atoms with Crippen LogP contribution in [0.25, 0.3) is 0 Å². The Bertz CT molecular complexity index is 394. The van der Waals surface area contributed by atoms with Crippen molar-refractivity contribution in [2.45, 2.75) is 38.7 Å². The van der Waals surface area contributed by atoms with Gasteiger partial charge in [-0.15, -0.1) is 0 Å². The first-order chi connectivity index (χ1) is 7.13. The van der Waals surface area contributed by atoms with E-state index < -0.39 is 18.3 Å². The molecule has 4 nitrogen and oxygen atoms in total. The van der Waals surface area contributed by atoms with Gasteiger partial charge in [0.25, 0.3) is 0 Å². The van der Waals surface area contributed by atoms with Gasteiger partial charge in [0, 0.05) is 6.20 Å². The van der Waals surface area contributed by atoms with Gasteiger partial charge in [-0.1, -0.05) is 0 Å². The average Bonchev–Trinajstić information content (AvgIpc) is 2.50. The molecule has 0 fully saturated rings. The van der Waals surface area contributed by atoms with Crippen LogP contribution in [0.15, 0.2) is 12.4 Å². The number of carboxylic acids is 1. The molecule has 0 unspecified atom stereocenters. The Morgan fingerprint density at radius 2 is 2.06 bits per heavy atom. The Labute approximate surface area is 91.9 Å². The van der Waals surface area contributed by atoms with Gasteiger partial charge < -0.3 is 5.11 Å². The molecule has 0 aliphatic rings. The van der Waals surface area contributed by atoms with Crippen molar-refractivity contribution in [1.82, 2.24) is 9.78 Å². The molecule has 0 saturated heterocycles. The van der Waals surface area contributed by atoms with E-state index in [9.17, 15) is 13.6 Å². The van der Waals surface area contributed by atoms with Crippen molar-refractivity contribution in [2.75, 3.05) is 0 Å². The van der Waals surface area contributed by atoms with Gasteiger partial charge >= 0.3 is 11.9 Å². The number of halogens is 2. The zero-order valence-electron chi connectivity index (χ0n) is 9.37. The SMILES string of the molecule is CC(C)(C)n1cc(CC(F)(F)C(=O)O)cn1. The molecular formula is C10H14F2N2O2. The van der Waals surface area contributed by atoms with Crippen LogP contribution < -0.4 is 0 Å². The topological polar surface area (TPSA) is 55.1 Å². The first kappa shape index (κ1) is 12.6. The van der Waals surface area contributed by atoms with Crippen LogP contribution in [0.4, 0.5) is 8.78 Å². The largest absolute Gasteiger partial charge is 0.477 e. The molecular weight excluding hydrogens is 218 g/mol. The van der Waals surface area contributed by atoms with E-state index in [2.05, 4.69) is 5.10 Å². The second kappa shape index (κ2) is 3.84. The normalized spacial score (nSPS) is 12.8. The van der Waals surface area contributed by atoms with Crippen molar-refractivity contribution >= 4 is 5.97 Å². The zero-order chi connectivity index (χ0) is 12.6. The van der Waals surface area contributed by atoms with Crippen LogP contribution in [0, 0.1) is 0 Å². The van der Waals surface area contributed by atoms with Crippen LogP contribution in [-0.4, -0.2) is 26.8 Å². The highest BCUT2D eigenvalue weighted by Crippen LogP contribution is 2.21. The third kappa shape index (κ3) is 2.77. The minimum absolute atomic E-state index is 0.210. The van der Waals surface area contributed by atoms with Crippen molar-refractivity contribution in [3.05, 3.63) is 18.0 Å². The number of aliphatic carboxylic acids is 1. The maximum absolute atomic E-state index is 12.9. The molecule has 0 atom stereocenters. The van der Waals surface area contributed by atoms with Gasteiger partial charge in [-0.05, 0) is 26.3 Å². The zero-order valence-corrected chi connectivity index (χ0v) is 9.37. The summed E-state index contributed by atoms with van der Waals surface area (Å²) in [5.41, 5.74) is -0.0983. The van der Waals surface area contributed by atoms with E-state index in [4.69, 9.17) is 5.11 Å². The molecule has 0 aromatic carbocycles. The van der Waals surface area contributed by atoms with Gasteiger partial charge in [0.1, 0.15) is 0 Å². The van der Waals surface area contributed by atoms with Gasteiger partial charge in [-0.25, -0.2) is 4.79 Å². The first-order valence-corrected chi connectivity index (χ1v) is 4.78. The summed E-state index contributed by atoms with van der Waals surface area (Å²) in [5, 5.41) is 12.2. The van der Waals surface area contributed by atoms with E-state index in [0.717, 1.165) is 0 Å². The molecule has 0 aliphatic heterocycles. The third-order valence-electron chi connectivity index (χ3n) is 2.06. The highest BCUT2D eigenvalue weighted by molar-refractivity contribution is 5.75. The predicted molar refractivity (Wildman–Crippen MR) is 53.5 cm³/mol. The molecule has 0 aliphatic carbocycles. The highest BCUT2D eigenvalue weighted by atomic mass is 19.3. The van der Waals surface area contributed by atoms with Crippen molar-refractivity contribution < 1.29 is 18.7 Å². The van der Waals surface area contributed by atoms with Gasteiger partial charge in [-0.3, -0.25) is 4.68 Å². The number of nitrogens with zero attached hydrogens (tertiary/aromatic N) is 2. The predicted octanol–water partition coefficient (Wildman–Crippen LogP) is 1.90. The van der Waals surface area contributed by atoms with E-state index in [1.807, 2.05) is 20.8 Å². The Morgan fingerprint density at radius 3 is 2.44 bits per heavy atom. The van der Waals surface area contributed by atoms with Crippen LogP contribution in [-0.2, 0) is 16.8 Å². The van der Waals surface area contributed by atoms with Gasteiger partial charge in [-0.2, -0.15) is 13.9 Å². The molecule has 6 heteroatoms. The smallest absolute Gasteiger partial charge is 0.374 e. The van der Waals surface area contributed by atoms with Crippen LogP contribution >= 0.6 is 0 Å². The van der Waals surface area contributed by atoms with Crippen molar-refractivity contribution in [3.8, 4) is 0 Å². The summed E-state index contributed by atoms with van der Waals surface area (Å²) < 4.78 is 27.3. The summed E-state index contributed by atoms with van der Waals surface area (Å²) in [4.78, 5) is 10.3. The lowest BCUT2D eigenvalue weighted by atomic mass is 10.1. The first-order valence-electron chi connectivity index (χ1n) is 4.78. The Balaban J connectivity index is 2.85. The molecule has 16 heavy (non-hydrogen) atoms. The van der Waals surface area contributed by atoms with Crippen molar-refractivity contribution in [1.29, 1.82) is 0 Å². The summed E-state index contributed by atoms with van der Waals surface area (Å²) in [6.07, 6.45) is 1.87. The van der Waals surface area contributed by atoms with E-state index in [1.54, 1.807) is 0 Å². The summed E-state index contributed by atoms with van der Waals surface area (Å²) in [7, 11) is 0. The number of carbonyl (C=O) groups is 1. The van der Waals surface area contributed by atoms with Crippen LogP contribution in [0.3, 0.4) is 0 Å². The van der Waals surface area contributed by atoms with Crippen LogP contribution in [0.1, 0.15) is 26.3 Å². The van der Waals surface area contributed by atoms with E-state index >= 15 is 0 Å². The molecule has 0 amide bonds. The number of hydrogen-bond donors (Lipinski definition) is 1. The van der Waals surface area contributed by atoms with Crippen molar-refractivity contribution in [3.63, 3.8) is 0 Å². The van der Waals surface area contributed by atoms with Gasteiger partial charge in [0.15, 0.2) is 0 Å². The fourth-order valence-corrected chi connectivity index (χ4v) is 1.15. The minimum Gasteiger partial charge on any atom is -0.477 e. The average molecular weight is 232 g/mol. The molecule has 0 spiro atoms. The maximum Gasteiger partial charge on any atom is 0.374 e. The monoisotopic (exact) mass is 232 g/mol. The third-order valence-corrected chi connectivity index (χ3v) is 2.06. The van der Waals surface area contributed by atoms with Crippen LogP contribution in [0.2, 0.25) is 0 Å². The summed E-state index contributed by atoms with van der Waals surface area (Å²) in [5.74, 6) is -5.86. The lowest BCUT2D eigenvalue weighted by Crippen LogP contribution is -2.30. The second-order valence-corrected chi connectivity index (χ2v) is 4.65. The molecule has 0 radical (unpaired) electrons.